The number of benzene rings is 2. The Hall–Kier alpha value is -4.73. The summed E-state index contributed by atoms with van der Waals surface area (Å²) < 4.78 is 7.48. The van der Waals surface area contributed by atoms with Gasteiger partial charge in [-0.05, 0) is 74.6 Å². The molecule has 2 aliphatic carbocycles. The molecule has 4 aromatic rings. The molecule has 2 aromatic heterocycles. The molecule has 6 rings (SSSR count). The van der Waals surface area contributed by atoms with Crippen LogP contribution in [0, 0.1) is 18.3 Å². The zero-order valence-corrected chi connectivity index (χ0v) is 20.7. The molecule has 2 aromatic carbocycles. The highest BCUT2D eigenvalue weighted by Crippen LogP contribution is 2.47. The summed E-state index contributed by atoms with van der Waals surface area (Å²) in [5.74, 6) is 0.794. The van der Waals surface area contributed by atoms with Gasteiger partial charge in [0.2, 0.25) is 23.6 Å². The van der Waals surface area contributed by atoms with Gasteiger partial charge in [0, 0.05) is 23.4 Å². The normalized spacial score (nSPS) is 15.5. The van der Waals surface area contributed by atoms with Gasteiger partial charge in [-0.1, -0.05) is 18.2 Å². The summed E-state index contributed by atoms with van der Waals surface area (Å²) >= 11 is 0. The molecule has 3 N–H and O–H groups in total. The Morgan fingerprint density at radius 2 is 1.71 bits per heavy atom. The summed E-state index contributed by atoms with van der Waals surface area (Å²) in [7, 11) is 0. The van der Waals surface area contributed by atoms with E-state index in [1.807, 2.05) is 25.1 Å². The number of fused-ring (bicyclic) bond motifs is 1. The Bertz CT molecular complexity index is 1560. The average molecular weight is 511 g/mol. The van der Waals surface area contributed by atoms with Gasteiger partial charge in [-0.25, -0.2) is 9.50 Å². The molecule has 0 bridgehead atoms. The lowest BCUT2D eigenvalue weighted by molar-refractivity contribution is -0.131. The van der Waals surface area contributed by atoms with Crippen molar-refractivity contribution < 1.29 is 19.1 Å². The number of carbonyl (C=O) groups is 3. The van der Waals surface area contributed by atoms with E-state index >= 15 is 0 Å². The van der Waals surface area contributed by atoms with Crippen LogP contribution >= 0.6 is 0 Å². The van der Waals surface area contributed by atoms with Gasteiger partial charge in [0.05, 0.1) is 6.20 Å². The number of nitrogens with zero attached hydrogens (tertiary/aromatic N) is 3. The molecule has 2 fully saturated rings. The van der Waals surface area contributed by atoms with Crippen LogP contribution < -0.4 is 20.7 Å². The zero-order chi connectivity index (χ0) is 26.3. The summed E-state index contributed by atoms with van der Waals surface area (Å²) in [4.78, 5) is 42.2. The van der Waals surface area contributed by atoms with Gasteiger partial charge >= 0.3 is 0 Å². The van der Waals surface area contributed by atoms with Crippen molar-refractivity contribution in [3.63, 3.8) is 0 Å². The first kappa shape index (κ1) is 23.7. The lowest BCUT2D eigenvalue weighted by Gasteiger charge is -2.17. The molecule has 0 spiro atoms. The summed E-state index contributed by atoms with van der Waals surface area (Å²) in [5.41, 5.74) is 1.58. The van der Waals surface area contributed by atoms with Crippen LogP contribution in [0.4, 0.5) is 17.2 Å². The average Bonchev–Trinajstić information content (AvgIpc) is 3.83. The van der Waals surface area contributed by atoms with Crippen LogP contribution in [0.3, 0.4) is 0 Å². The molecule has 10 nitrogen and oxygen atoms in total. The maximum absolute atomic E-state index is 13.0. The van der Waals surface area contributed by atoms with Gasteiger partial charge in [0.25, 0.3) is 0 Å². The van der Waals surface area contributed by atoms with Gasteiger partial charge in [0.15, 0.2) is 11.5 Å². The number of aromatic nitrogens is 3. The van der Waals surface area contributed by atoms with Crippen LogP contribution in [0.15, 0.2) is 66.9 Å². The molecular formula is C28H26N6O4. The van der Waals surface area contributed by atoms with E-state index in [-0.39, 0.29) is 23.6 Å². The van der Waals surface area contributed by atoms with E-state index in [9.17, 15) is 14.4 Å². The SMILES string of the molecule is Cc1cc(Oc2ccc3nc(NC(=O)C4CC4)cn3n2)ccc1NC(=O)C1(C(=O)Nc2ccccc2)CC1. The predicted octanol–water partition coefficient (Wildman–Crippen LogP) is 4.54. The molecule has 38 heavy (non-hydrogen) atoms. The molecule has 2 heterocycles. The Morgan fingerprint density at radius 1 is 0.947 bits per heavy atom. The molecule has 2 saturated carbocycles. The van der Waals surface area contributed by atoms with Gasteiger partial charge < -0.3 is 20.7 Å². The first-order valence-electron chi connectivity index (χ1n) is 12.5. The third kappa shape index (κ3) is 4.80. The summed E-state index contributed by atoms with van der Waals surface area (Å²) in [6.07, 6.45) is 4.50. The summed E-state index contributed by atoms with van der Waals surface area (Å²) in [5, 5.41) is 13.0. The largest absolute Gasteiger partial charge is 0.438 e. The fourth-order valence-electron chi connectivity index (χ4n) is 4.21. The molecule has 0 unspecified atom stereocenters. The molecule has 0 radical (unpaired) electrons. The molecular weight excluding hydrogens is 484 g/mol. The second-order valence-electron chi connectivity index (χ2n) is 9.80. The monoisotopic (exact) mass is 510 g/mol. The van der Waals surface area contributed by atoms with Crippen LogP contribution in [-0.4, -0.2) is 32.3 Å². The molecule has 0 aliphatic heterocycles. The lowest BCUT2D eigenvalue weighted by Crippen LogP contribution is -2.35. The maximum Gasteiger partial charge on any atom is 0.240 e. The predicted molar refractivity (Wildman–Crippen MR) is 141 cm³/mol. The van der Waals surface area contributed by atoms with Crippen molar-refractivity contribution in [2.75, 3.05) is 16.0 Å². The van der Waals surface area contributed by atoms with Gasteiger partial charge in [-0.3, -0.25) is 14.4 Å². The van der Waals surface area contributed by atoms with E-state index in [1.54, 1.807) is 53.2 Å². The van der Waals surface area contributed by atoms with Crippen molar-refractivity contribution in [3.05, 3.63) is 72.4 Å². The quantitative estimate of drug-likeness (QED) is 0.299. The van der Waals surface area contributed by atoms with Gasteiger partial charge in [0.1, 0.15) is 11.2 Å². The van der Waals surface area contributed by atoms with E-state index < -0.39 is 5.41 Å². The smallest absolute Gasteiger partial charge is 0.240 e. The third-order valence-corrected chi connectivity index (χ3v) is 6.81. The number of hydrogen-bond acceptors (Lipinski definition) is 6. The van der Waals surface area contributed by atoms with Crippen LogP contribution in [0.2, 0.25) is 0 Å². The van der Waals surface area contributed by atoms with Crippen molar-refractivity contribution in [2.45, 2.75) is 32.6 Å². The van der Waals surface area contributed by atoms with Crippen molar-refractivity contribution >= 4 is 40.6 Å². The number of amides is 3. The van der Waals surface area contributed by atoms with E-state index in [0.717, 1.165) is 18.4 Å². The molecule has 0 saturated heterocycles. The molecule has 2 aliphatic rings. The van der Waals surface area contributed by atoms with Crippen LogP contribution in [0.1, 0.15) is 31.2 Å². The zero-order valence-electron chi connectivity index (χ0n) is 20.7. The van der Waals surface area contributed by atoms with Crippen molar-refractivity contribution in [2.24, 2.45) is 11.3 Å². The third-order valence-electron chi connectivity index (χ3n) is 6.81. The highest BCUT2D eigenvalue weighted by molar-refractivity contribution is 6.17. The number of carbonyl (C=O) groups excluding carboxylic acids is 3. The Labute approximate surface area is 218 Å². The highest BCUT2D eigenvalue weighted by atomic mass is 16.5. The van der Waals surface area contributed by atoms with Crippen molar-refractivity contribution in [1.82, 2.24) is 14.6 Å². The maximum atomic E-state index is 13.0. The topological polar surface area (TPSA) is 127 Å². The van der Waals surface area contributed by atoms with E-state index in [4.69, 9.17) is 4.74 Å². The summed E-state index contributed by atoms with van der Waals surface area (Å²) in [6.45, 7) is 1.85. The fraction of sp³-hybridized carbons (Fsp3) is 0.250. The van der Waals surface area contributed by atoms with E-state index in [2.05, 4.69) is 26.0 Å². The van der Waals surface area contributed by atoms with Crippen molar-refractivity contribution in [3.8, 4) is 11.6 Å². The number of rotatable bonds is 8. The second kappa shape index (κ2) is 9.29. The minimum absolute atomic E-state index is 0.0167. The Kier molecular flexibility index (Phi) is 5.79. The molecule has 3 amide bonds. The highest BCUT2D eigenvalue weighted by Gasteiger charge is 2.56. The minimum Gasteiger partial charge on any atom is -0.438 e. The number of anilines is 3. The van der Waals surface area contributed by atoms with Crippen LogP contribution in [0.25, 0.3) is 5.65 Å². The van der Waals surface area contributed by atoms with Crippen molar-refractivity contribution in [1.29, 1.82) is 0 Å². The Morgan fingerprint density at radius 3 is 2.42 bits per heavy atom. The summed E-state index contributed by atoms with van der Waals surface area (Å²) in [6, 6.07) is 17.8. The first-order chi connectivity index (χ1) is 18.4. The number of nitrogens with one attached hydrogen (secondary N) is 3. The number of para-hydroxylation sites is 1. The van der Waals surface area contributed by atoms with Gasteiger partial charge in [-0.2, -0.15) is 0 Å². The minimum atomic E-state index is -1.06. The first-order valence-corrected chi connectivity index (χ1v) is 12.5. The fourth-order valence-corrected chi connectivity index (χ4v) is 4.21. The standard InChI is InChI=1S/C28H26N6O4/c1-17-15-20(38-24-12-11-23-31-22(16-34(23)33-24)32-25(35)18-7-8-18)9-10-21(17)30-27(37)28(13-14-28)26(36)29-19-5-3-2-4-6-19/h2-6,9-12,15-16,18H,7-8,13-14H2,1H3,(H,29,36)(H,30,37)(H,32,35). The van der Waals surface area contributed by atoms with Crippen LogP contribution in [-0.2, 0) is 14.4 Å². The number of aryl methyl sites for hydroxylation is 1. The second-order valence-corrected chi connectivity index (χ2v) is 9.80. The molecule has 0 atom stereocenters. The number of ether oxygens (including phenoxy) is 1. The lowest BCUT2D eigenvalue weighted by atomic mass is 10.0. The number of imidazole rings is 1. The Balaban J connectivity index is 1.11. The van der Waals surface area contributed by atoms with Gasteiger partial charge in [-0.15, -0.1) is 5.10 Å². The van der Waals surface area contributed by atoms with E-state index in [0.29, 0.717) is 47.3 Å². The van der Waals surface area contributed by atoms with E-state index in [1.165, 1.54) is 0 Å². The molecule has 192 valence electrons. The molecule has 10 heteroatoms. The van der Waals surface area contributed by atoms with Crippen LogP contribution in [0.5, 0.6) is 11.6 Å². The number of hydrogen-bond donors (Lipinski definition) is 3.